The van der Waals surface area contributed by atoms with Gasteiger partial charge in [0.15, 0.2) is 0 Å². The number of H-pyrrole nitrogens is 1. The van der Waals surface area contributed by atoms with Gasteiger partial charge in [-0.1, -0.05) is 37.3 Å². The first-order valence-corrected chi connectivity index (χ1v) is 12.1. The number of allylic oxidation sites excluding steroid dienone is 2. The van der Waals surface area contributed by atoms with Crippen molar-refractivity contribution in [2.75, 3.05) is 5.32 Å². The van der Waals surface area contributed by atoms with Crippen LogP contribution in [0, 0.1) is 5.92 Å². The number of nitrogens with one attached hydrogen (secondary N) is 3. The van der Waals surface area contributed by atoms with E-state index in [9.17, 15) is 8.42 Å². The second-order valence-corrected chi connectivity index (χ2v) is 10.2. The van der Waals surface area contributed by atoms with Crippen LogP contribution in [0.15, 0.2) is 65.7 Å². The third kappa shape index (κ3) is 3.15. The van der Waals surface area contributed by atoms with Gasteiger partial charge in [-0.15, -0.1) is 0 Å². The maximum atomic E-state index is 12.8. The Balaban J connectivity index is 1.54. The number of rotatable bonds is 5. The maximum absolute atomic E-state index is 12.8. The van der Waals surface area contributed by atoms with Gasteiger partial charge in [-0.25, -0.2) is 13.1 Å². The normalized spacial score (nSPS) is 23.7. The number of aromatic amines is 1. The smallest absolute Gasteiger partial charge is 0.240 e. The lowest BCUT2D eigenvalue weighted by atomic mass is 9.77. The number of benzene rings is 2. The van der Waals surface area contributed by atoms with Crippen molar-refractivity contribution in [3.8, 4) is 0 Å². The molecule has 0 bridgehead atoms. The molecule has 156 valence electrons. The van der Waals surface area contributed by atoms with E-state index in [2.05, 4.69) is 51.6 Å². The van der Waals surface area contributed by atoms with E-state index in [0.717, 1.165) is 29.6 Å². The molecule has 6 heteroatoms. The molecule has 1 aliphatic heterocycles. The quantitative estimate of drug-likeness (QED) is 0.504. The molecule has 3 N–H and O–H groups in total. The SMILES string of the molecule is CCC(C)NS(=O)(=O)c1ccc2c(c1)C1C=CCC1C(c1c[nH]c3ccccc13)N2. The Kier molecular flexibility index (Phi) is 4.71. The van der Waals surface area contributed by atoms with E-state index in [-0.39, 0.29) is 18.0 Å². The molecule has 30 heavy (non-hydrogen) atoms. The lowest BCUT2D eigenvalue weighted by Gasteiger charge is -2.37. The van der Waals surface area contributed by atoms with Gasteiger partial charge >= 0.3 is 0 Å². The zero-order chi connectivity index (χ0) is 20.9. The molecule has 5 nitrogen and oxygen atoms in total. The molecule has 1 aliphatic carbocycles. The molecule has 4 unspecified atom stereocenters. The largest absolute Gasteiger partial charge is 0.378 e. The van der Waals surface area contributed by atoms with Crippen LogP contribution >= 0.6 is 0 Å². The molecular weight excluding hydrogens is 394 g/mol. The Morgan fingerprint density at radius 1 is 1.17 bits per heavy atom. The van der Waals surface area contributed by atoms with Gasteiger partial charge in [0, 0.05) is 34.7 Å². The van der Waals surface area contributed by atoms with Crippen molar-refractivity contribution in [1.82, 2.24) is 9.71 Å². The molecule has 0 saturated carbocycles. The molecular formula is C24H27N3O2S. The molecule has 5 rings (SSSR count). The highest BCUT2D eigenvalue weighted by Gasteiger charge is 2.39. The number of hydrogen-bond donors (Lipinski definition) is 3. The highest BCUT2D eigenvalue weighted by atomic mass is 32.2. The van der Waals surface area contributed by atoms with Crippen molar-refractivity contribution in [2.45, 2.75) is 49.6 Å². The number of aromatic nitrogens is 1. The van der Waals surface area contributed by atoms with E-state index in [1.54, 1.807) is 6.07 Å². The number of hydrogen-bond acceptors (Lipinski definition) is 3. The molecule has 0 amide bonds. The van der Waals surface area contributed by atoms with Crippen molar-refractivity contribution in [2.24, 2.45) is 5.92 Å². The van der Waals surface area contributed by atoms with Gasteiger partial charge in [0.2, 0.25) is 10.0 Å². The van der Waals surface area contributed by atoms with Crippen LogP contribution in [0.1, 0.15) is 49.8 Å². The topological polar surface area (TPSA) is 74.0 Å². The standard InChI is InChI=1S/C24H27N3O2S/c1-3-15(2)27-30(28,29)16-11-12-23-20(13-16)17-8-6-9-19(17)24(26-23)21-14-25-22-10-5-4-7-18(21)22/h4-8,10-15,17,19,24-27H,3,9H2,1-2H3. The zero-order valence-electron chi connectivity index (χ0n) is 17.2. The molecule has 2 aliphatic rings. The summed E-state index contributed by atoms with van der Waals surface area (Å²) in [7, 11) is -3.53. The molecule has 0 saturated heterocycles. The Morgan fingerprint density at radius 2 is 2.00 bits per heavy atom. The van der Waals surface area contributed by atoms with Crippen LogP contribution in [0.4, 0.5) is 5.69 Å². The fraction of sp³-hybridized carbons (Fsp3) is 0.333. The van der Waals surface area contributed by atoms with Gasteiger partial charge in [-0.05, 0) is 61.1 Å². The van der Waals surface area contributed by atoms with E-state index in [0.29, 0.717) is 10.8 Å². The summed E-state index contributed by atoms with van der Waals surface area (Å²) in [5.41, 5.74) is 4.49. The number of sulfonamides is 1. The van der Waals surface area contributed by atoms with Crippen LogP contribution in [-0.2, 0) is 10.0 Å². The first-order chi connectivity index (χ1) is 14.5. The summed E-state index contributed by atoms with van der Waals surface area (Å²) in [6.07, 6.45) is 8.31. The first kappa shape index (κ1) is 19.4. The number of anilines is 1. The van der Waals surface area contributed by atoms with Gasteiger partial charge in [0.25, 0.3) is 0 Å². The van der Waals surface area contributed by atoms with Crippen molar-refractivity contribution in [1.29, 1.82) is 0 Å². The number of fused-ring (bicyclic) bond motifs is 4. The van der Waals surface area contributed by atoms with Crippen molar-refractivity contribution in [3.63, 3.8) is 0 Å². The van der Waals surface area contributed by atoms with E-state index in [4.69, 9.17) is 0 Å². The fourth-order valence-electron chi connectivity index (χ4n) is 4.82. The van der Waals surface area contributed by atoms with Gasteiger partial charge in [0.05, 0.1) is 10.9 Å². The van der Waals surface area contributed by atoms with E-state index in [1.807, 2.05) is 32.0 Å². The summed E-state index contributed by atoms with van der Waals surface area (Å²) < 4.78 is 28.4. The third-order valence-corrected chi connectivity index (χ3v) is 8.16. The highest BCUT2D eigenvalue weighted by Crippen LogP contribution is 2.51. The van der Waals surface area contributed by atoms with Crippen molar-refractivity contribution < 1.29 is 8.42 Å². The second kappa shape index (κ2) is 7.29. The Bertz CT molecular complexity index is 1230. The lowest BCUT2D eigenvalue weighted by molar-refractivity contribution is 0.427. The molecule has 0 spiro atoms. The van der Waals surface area contributed by atoms with Crippen LogP contribution in [0.2, 0.25) is 0 Å². The van der Waals surface area contributed by atoms with Gasteiger partial charge in [0.1, 0.15) is 0 Å². The van der Waals surface area contributed by atoms with Crippen molar-refractivity contribution in [3.05, 3.63) is 71.9 Å². The van der Waals surface area contributed by atoms with Crippen LogP contribution in [0.3, 0.4) is 0 Å². The predicted octanol–water partition coefficient (Wildman–Crippen LogP) is 5.07. The van der Waals surface area contributed by atoms with Gasteiger partial charge in [-0.3, -0.25) is 0 Å². The Hall–Kier alpha value is -2.57. The number of para-hydroxylation sites is 1. The highest BCUT2D eigenvalue weighted by molar-refractivity contribution is 7.89. The molecule has 2 aromatic carbocycles. The third-order valence-electron chi connectivity index (χ3n) is 6.57. The van der Waals surface area contributed by atoms with E-state index < -0.39 is 10.0 Å². The lowest BCUT2D eigenvalue weighted by Crippen LogP contribution is -2.33. The minimum absolute atomic E-state index is 0.0884. The van der Waals surface area contributed by atoms with E-state index in [1.165, 1.54) is 10.9 Å². The van der Waals surface area contributed by atoms with Crippen LogP contribution in [-0.4, -0.2) is 19.4 Å². The van der Waals surface area contributed by atoms with Gasteiger partial charge in [-0.2, -0.15) is 0 Å². The molecule has 1 aromatic heterocycles. The van der Waals surface area contributed by atoms with Crippen LogP contribution in [0.25, 0.3) is 10.9 Å². The van der Waals surface area contributed by atoms with Gasteiger partial charge < -0.3 is 10.3 Å². The minimum atomic E-state index is -3.53. The summed E-state index contributed by atoms with van der Waals surface area (Å²) in [6, 6.07) is 13.9. The van der Waals surface area contributed by atoms with E-state index >= 15 is 0 Å². The second-order valence-electron chi connectivity index (χ2n) is 8.44. The summed E-state index contributed by atoms with van der Waals surface area (Å²) in [5, 5.41) is 4.96. The molecule has 0 radical (unpaired) electrons. The average molecular weight is 422 g/mol. The first-order valence-electron chi connectivity index (χ1n) is 10.6. The summed E-state index contributed by atoms with van der Waals surface area (Å²) in [4.78, 5) is 3.73. The maximum Gasteiger partial charge on any atom is 0.240 e. The average Bonchev–Trinajstić information content (AvgIpc) is 3.40. The molecule has 0 fully saturated rings. The predicted molar refractivity (Wildman–Crippen MR) is 121 cm³/mol. The summed E-state index contributed by atoms with van der Waals surface area (Å²) in [6.45, 7) is 3.86. The zero-order valence-corrected chi connectivity index (χ0v) is 18.0. The fourth-order valence-corrected chi connectivity index (χ4v) is 6.18. The van der Waals surface area contributed by atoms with Crippen LogP contribution in [0.5, 0.6) is 0 Å². The summed E-state index contributed by atoms with van der Waals surface area (Å²) in [5.74, 6) is 0.566. The van der Waals surface area contributed by atoms with Crippen LogP contribution < -0.4 is 10.0 Å². The Labute approximate surface area is 177 Å². The minimum Gasteiger partial charge on any atom is -0.378 e. The monoisotopic (exact) mass is 421 g/mol. The Morgan fingerprint density at radius 3 is 2.83 bits per heavy atom. The van der Waals surface area contributed by atoms with Crippen molar-refractivity contribution >= 4 is 26.6 Å². The molecule has 2 heterocycles. The molecule has 3 aromatic rings. The summed E-state index contributed by atoms with van der Waals surface area (Å²) >= 11 is 0. The molecule has 4 atom stereocenters.